The molecule has 2 aromatic carbocycles. The molecule has 0 aromatic heterocycles. The molecule has 0 radical (unpaired) electrons. The molecule has 0 aliphatic carbocycles. The zero-order valence-corrected chi connectivity index (χ0v) is 23.8. The van der Waals surface area contributed by atoms with E-state index in [1.807, 2.05) is 44.2 Å². The number of aryl methyl sites for hydroxylation is 2. The number of carbonyl (C=O) groups is 3. The van der Waals surface area contributed by atoms with Gasteiger partial charge in [-0.1, -0.05) is 30.3 Å². The molecule has 0 aliphatic heterocycles. The lowest BCUT2D eigenvalue weighted by Gasteiger charge is -2.25. The topological polar surface area (TPSA) is 176 Å². The fourth-order valence-electron chi connectivity index (χ4n) is 4.04. The normalized spacial score (nSPS) is 12.5. The number of nitrogens with one attached hydrogen (secondary N) is 4. The molecule has 0 saturated heterocycles. The van der Waals surface area contributed by atoms with Crippen molar-refractivity contribution in [2.75, 3.05) is 6.54 Å². The first-order chi connectivity index (χ1) is 18.7. The van der Waals surface area contributed by atoms with Crippen LogP contribution in [0.25, 0.3) is 0 Å². The molecule has 7 N–H and O–H groups in total. The Hall–Kier alpha value is -4.28. The highest BCUT2D eigenvalue weighted by molar-refractivity contribution is 5.90. The number of rotatable bonds is 12. The molecule has 0 saturated carbocycles. The van der Waals surface area contributed by atoms with Crippen molar-refractivity contribution in [3.8, 4) is 5.75 Å². The summed E-state index contributed by atoms with van der Waals surface area (Å²) in [5.74, 6) is -1.34. The predicted octanol–water partition coefficient (Wildman–Crippen LogP) is 2.94. The molecule has 0 bridgehead atoms. The van der Waals surface area contributed by atoms with Crippen molar-refractivity contribution in [2.45, 2.75) is 78.2 Å². The fraction of sp³-hybridized carbons (Fsp3) is 0.448. The zero-order chi connectivity index (χ0) is 29.9. The van der Waals surface area contributed by atoms with Crippen LogP contribution in [0.15, 0.2) is 42.5 Å². The number of alkyl carbamates (subject to hydrolysis) is 1. The molecule has 2 atom stereocenters. The maximum Gasteiger partial charge on any atom is 0.408 e. The van der Waals surface area contributed by atoms with E-state index < -0.39 is 35.7 Å². The molecule has 40 heavy (non-hydrogen) atoms. The Morgan fingerprint density at radius 1 is 1.02 bits per heavy atom. The number of phenolic OH excluding ortho intramolecular Hbond substituents is 1. The number of ether oxygens (including phenoxy) is 2. The molecule has 0 unspecified atom stereocenters. The van der Waals surface area contributed by atoms with E-state index in [0.29, 0.717) is 13.0 Å². The highest BCUT2D eigenvalue weighted by Gasteiger charge is 2.30. The van der Waals surface area contributed by atoms with Gasteiger partial charge in [-0.15, -0.1) is 0 Å². The van der Waals surface area contributed by atoms with Crippen LogP contribution >= 0.6 is 0 Å². The number of nitrogens with two attached hydrogens (primary N) is 1. The van der Waals surface area contributed by atoms with Crippen LogP contribution < -0.4 is 21.7 Å². The number of hydrogen-bond acceptors (Lipinski definition) is 7. The number of hydrogen-bond donors (Lipinski definition) is 6. The summed E-state index contributed by atoms with van der Waals surface area (Å²) in [6.07, 6.45) is -0.0793. The molecule has 0 aliphatic rings. The van der Waals surface area contributed by atoms with Gasteiger partial charge in [0.2, 0.25) is 5.91 Å². The lowest BCUT2D eigenvalue weighted by Crippen LogP contribution is -2.53. The fourth-order valence-corrected chi connectivity index (χ4v) is 4.04. The molecule has 218 valence electrons. The van der Waals surface area contributed by atoms with Gasteiger partial charge >= 0.3 is 12.1 Å². The largest absolute Gasteiger partial charge is 0.508 e. The molecule has 0 heterocycles. The highest BCUT2D eigenvalue weighted by atomic mass is 16.6. The van der Waals surface area contributed by atoms with Crippen molar-refractivity contribution in [1.29, 1.82) is 5.41 Å². The zero-order valence-electron chi connectivity index (χ0n) is 23.8. The van der Waals surface area contributed by atoms with Gasteiger partial charge in [-0.2, -0.15) is 0 Å². The van der Waals surface area contributed by atoms with E-state index in [-0.39, 0.29) is 31.2 Å². The van der Waals surface area contributed by atoms with E-state index in [0.717, 1.165) is 22.3 Å². The number of esters is 1. The van der Waals surface area contributed by atoms with Gasteiger partial charge in [0, 0.05) is 13.0 Å². The maximum absolute atomic E-state index is 13.5. The molecule has 11 heteroatoms. The average Bonchev–Trinajstić information content (AvgIpc) is 2.85. The monoisotopic (exact) mass is 555 g/mol. The van der Waals surface area contributed by atoms with Crippen LogP contribution in [-0.2, 0) is 32.1 Å². The Morgan fingerprint density at radius 2 is 1.65 bits per heavy atom. The molecule has 0 fully saturated rings. The average molecular weight is 556 g/mol. The van der Waals surface area contributed by atoms with Crippen LogP contribution in [0.2, 0.25) is 0 Å². The van der Waals surface area contributed by atoms with Crippen LogP contribution in [0.5, 0.6) is 5.75 Å². The van der Waals surface area contributed by atoms with Gasteiger partial charge in [-0.25, -0.2) is 9.59 Å². The van der Waals surface area contributed by atoms with E-state index in [4.69, 9.17) is 20.6 Å². The Labute approximate surface area is 235 Å². The van der Waals surface area contributed by atoms with Gasteiger partial charge in [0.25, 0.3) is 0 Å². The summed E-state index contributed by atoms with van der Waals surface area (Å²) in [7, 11) is 0. The third kappa shape index (κ3) is 11.2. The molecule has 2 amide bonds. The predicted molar refractivity (Wildman–Crippen MR) is 152 cm³/mol. The first-order valence-electron chi connectivity index (χ1n) is 13.1. The van der Waals surface area contributed by atoms with Crippen molar-refractivity contribution in [3.63, 3.8) is 0 Å². The summed E-state index contributed by atoms with van der Waals surface area (Å²) < 4.78 is 10.9. The summed E-state index contributed by atoms with van der Waals surface area (Å²) in [5, 5.41) is 25.3. The third-order valence-corrected chi connectivity index (χ3v) is 5.91. The van der Waals surface area contributed by atoms with Gasteiger partial charge < -0.3 is 36.3 Å². The van der Waals surface area contributed by atoms with Gasteiger partial charge in [-0.3, -0.25) is 10.2 Å². The number of phenols is 1. The van der Waals surface area contributed by atoms with Crippen LogP contribution in [0.1, 0.15) is 55.9 Å². The molecular weight excluding hydrogens is 514 g/mol. The minimum Gasteiger partial charge on any atom is -0.508 e. The quantitative estimate of drug-likeness (QED) is 0.100. The number of carbonyl (C=O) groups excluding carboxylic acids is 3. The van der Waals surface area contributed by atoms with Crippen LogP contribution in [0.4, 0.5) is 4.79 Å². The van der Waals surface area contributed by atoms with Crippen LogP contribution in [-0.4, -0.2) is 53.3 Å². The second-order valence-corrected chi connectivity index (χ2v) is 10.6. The Morgan fingerprint density at radius 3 is 2.23 bits per heavy atom. The minimum atomic E-state index is -1.07. The number of amides is 2. The SMILES string of the molecule is Cc1cc(O)cc(C)c1C[C@H](NC(=O)[C@H](CCCNC(=N)N)NC(=O)OC(C)(C)C)C(=O)OCc1ccccc1. The summed E-state index contributed by atoms with van der Waals surface area (Å²) in [5.41, 5.74) is 7.64. The van der Waals surface area contributed by atoms with E-state index in [9.17, 15) is 19.5 Å². The first kappa shape index (κ1) is 31.9. The van der Waals surface area contributed by atoms with Crippen molar-refractivity contribution >= 4 is 23.9 Å². The van der Waals surface area contributed by atoms with Crippen molar-refractivity contribution < 1.29 is 29.0 Å². The Kier molecular flexibility index (Phi) is 11.8. The lowest BCUT2D eigenvalue weighted by atomic mass is 9.95. The van der Waals surface area contributed by atoms with Crippen molar-refractivity contribution in [2.24, 2.45) is 5.73 Å². The summed E-state index contributed by atoms with van der Waals surface area (Å²) in [6.45, 7) is 9.08. The summed E-state index contributed by atoms with van der Waals surface area (Å²) >= 11 is 0. The van der Waals surface area contributed by atoms with E-state index in [1.54, 1.807) is 32.9 Å². The van der Waals surface area contributed by atoms with Crippen LogP contribution in [0, 0.1) is 19.3 Å². The van der Waals surface area contributed by atoms with E-state index in [2.05, 4.69) is 16.0 Å². The molecule has 2 aromatic rings. The lowest BCUT2D eigenvalue weighted by molar-refractivity contribution is -0.149. The van der Waals surface area contributed by atoms with Gasteiger partial charge in [0.05, 0.1) is 0 Å². The molecule has 2 rings (SSSR count). The molecular formula is C29H41N5O6. The number of aromatic hydroxyl groups is 1. The first-order valence-corrected chi connectivity index (χ1v) is 13.1. The maximum atomic E-state index is 13.5. The molecule has 0 spiro atoms. The third-order valence-electron chi connectivity index (χ3n) is 5.91. The Bertz CT molecular complexity index is 1160. The van der Waals surface area contributed by atoms with Gasteiger partial charge in [-0.05, 0) is 81.8 Å². The van der Waals surface area contributed by atoms with Gasteiger partial charge in [0.1, 0.15) is 30.0 Å². The number of guanidine groups is 1. The molecule has 11 nitrogen and oxygen atoms in total. The van der Waals surface area contributed by atoms with Gasteiger partial charge in [0.15, 0.2) is 5.96 Å². The summed E-state index contributed by atoms with van der Waals surface area (Å²) in [4.78, 5) is 39.2. The standard InChI is InChI=1S/C29H41N5O6/c1-18-14-21(35)15-19(2)22(18)16-24(26(37)39-17-20-10-7-6-8-11-20)33-25(36)23(12-9-13-32-27(30)31)34-28(38)40-29(3,4)5/h6-8,10-11,14-15,23-24,35H,9,12-13,16-17H2,1-5H3,(H,33,36)(H,34,38)(H4,30,31,32)/t23-,24-/m0/s1. The second-order valence-electron chi connectivity index (χ2n) is 10.6. The summed E-state index contributed by atoms with van der Waals surface area (Å²) in [6, 6.07) is 10.2. The second kappa shape index (κ2) is 14.8. The smallest absolute Gasteiger partial charge is 0.408 e. The van der Waals surface area contributed by atoms with E-state index >= 15 is 0 Å². The van der Waals surface area contributed by atoms with E-state index in [1.165, 1.54) is 0 Å². The van der Waals surface area contributed by atoms with Crippen LogP contribution in [0.3, 0.4) is 0 Å². The minimum absolute atomic E-state index is 0.0237. The van der Waals surface area contributed by atoms with Crippen molar-refractivity contribution in [1.82, 2.24) is 16.0 Å². The number of benzene rings is 2. The Balaban J connectivity index is 2.26. The highest BCUT2D eigenvalue weighted by Crippen LogP contribution is 2.22. The van der Waals surface area contributed by atoms with Crippen molar-refractivity contribution in [3.05, 3.63) is 64.7 Å².